The molecule has 3 atom stereocenters. The number of urea groups is 1. The molecule has 0 unspecified atom stereocenters. The van der Waals surface area contributed by atoms with E-state index in [4.69, 9.17) is 0 Å². The first-order valence-corrected chi connectivity index (χ1v) is 12.4. The smallest absolute Gasteiger partial charge is 0.321 e. The average Bonchev–Trinajstić information content (AvgIpc) is 3.16. The van der Waals surface area contributed by atoms with Crippen molar-refractivity contribution in [2.75, 3.05) is 25.0 Å². The van der Waals surface area contributed by atoms with Crippen LogP contribution in [-0.4, -0.2) is 41.6 Å². The van der Waals surface area contributed by atoms with Gasteiger partial charge in [-0.05, 0) is 75.1 Å². The number of amides is 2. The molecule has 4 rings (SSSR count). The summed E-state index contributed by atoms with van der Waals surface area (Å²) < 4.78 is 13.2. The molecule has 5 nitrogen and oxygen atoms in total. The molecule has 1 saturated carbocycles. The molecule has 1 aliphatic carbocycles. The second-order valence-corrected chi connectivity index (χ2v) is 10.0. The Morgan fingerprint density at radius 3 is 2.77 bits per heavy atom. The summed E-state index contributed by atoms with van der Waals surface area (Å²) in [6.07, 6.45) is 8.07. The fourth-order valence-corrected chi connectivity index (χ4v) is 5.78. The Hall–Kier alpha value is -1.99. The number of hydrogen-bond donors (Lipinski definition) is 2. The number of nitrogens with one attached hydrogen (secondary N) is 2. The highest BCUT2D eigenvalue weighted by Crippen LogP contribution is 2.28. The molecule has 7 heteroatoms. The van der Waals surface area contributed by atoms with Crippen LogP contribution in [0.15, 0.2) is 29.6 Å². The van der Waals surface area contributed by atoms with Crippen LogP contribution in [0, 0.1) is 24.6 Å². The van der Waals surface area contributed by atoms with Gasteiger partial charge in [-0.1, -0.05) is 25.0 Å². The second-order valence-electron chi connectivity index (χ2n) is 9.14. The standard InChI is InChI=1S/C24H33FN4OS/c1-17-16-31-24(26-17)28-23(30)27-22-7-3-2-6-20(22)15-29-12-4-5-19(14-29)13-18-8-10-21(25)11-9-18/h8-11,16,19-20,22H,2-7,12-15H2,1H3,(H2,26,27,28,30)/t19-,20-,22+/m0/s1. The van der Waals surface area contributed by atoms with Crippen LogP contribution in [-0.2, 0) is 6.42 Å². The van der Waals surface area contributed by atoms with Gasteiger partial charge in [0, 0.05) is 24.5 Å². The number of thiazole rings is 1. The zero-order valence-electron chi connectivity index (χ0n) is 18.3. The molecule has 2 fully saturated rings. The minimum atomic E-state index is -0.168. The quantitative estimate of drug-likeness (QED) is 0.642. The molecular weight excluding hydrogens is 411 g/mol. The number of likely N-dealkylation sites (tertiary alicyclic amines) is 1. The van der Waals surface area contributed by atoms with Crippen LogP contribution in [0.4, 0.5) is 14.3 Å². The van der Waals surface area contributed by atoms with Gasteiger partial charge in [-0.3, -0.25) is 5.32 Å². The summed E-state index contributed by atoms with van der Waals surface area (Å²) in [5.74, 6) is 0.937. The Labute approximate surface area is 188 Å². The highest BCUT2D eigenvalue weighted by molar-refractivity contribution is 7.13. The lowest BCUT2D eigenvalue weighted by Gasteiger charge is -2.39. The summed E-state index contributed by atoms with van der Waals surface area (Å²) in [6, 6.07) is 7.03. The number of anilines is 1. The molecular formula is C24H33FN4OS. The van der Waals surface area contributed by atoms with Crippen LogP contribution in [0.5, 0.6) is 0 Å². The Bertz CT molecular complexity index is 856. The zero-order valence-corrected chi connectivity index (χ0v) is 19.1. The first-order valence-electron chi connectivity index (χ1n) is 11.5. The van der Waals surface area contributed by atoms with Crippen molar-refractivity contribution in [2.45, 2.75) is 57.9 Å². The summed E-state index contributed by atoms with van der Waals surface area (Å²) in [4.78, 5) is 19.4. The normalized spacial score (nSPS) is 24.6. The molecule has 1 saturated heterocycles. The van der Waals surface area contributed by atoms with E-state index in [0.29, 0.717) is 17.0 Å². The van der Waals surface area contributed by atoms with Crippen LogP contribution in [0.1, 0.15) is 49.8 Å². The summed E-state index contributed by atoms with van der Waals surface area (Å²) in [6.45, 7) is 5.19. The molecule has 168 valence electrons. The molecule has 1 aromatic heterocycles. The molecule has 31 heavy (non-hydrogen) atoms. The lowest BCUT2D eigenvalue weighted by molar-refractivity contribution is 0.123. The summed E-state index contributed by atoms with van der Waals surface area (Å²) in [5, 5.41) is 8.71. The van der Waals surface area contributed by atoms with Crippen molar-refractivity contribution < 1.29 is 9.18 Å². The number of benzene rings is 1. The number of hydrogen-bond acceptors (Lipinski definition) is 4. The van der Waals surface area contributed by atoms with Gasteiger partial charge in [0.2, 0.25) is 0 Å². The largest absolute Gasteiger partial charge is 0.335 e. The topological polar surface area (TPSA) is 57.3 Å². The molecule has 2 aromatic rings. The molecule has 1 aliphatic heterocycles. The third-order valence-corrected chi connectivity index (χ3v) is 7.47. The maximum absolute atomic E-state index is 13.2. The van der Waals surface area contributed by atoms with Gasteiger partial charge in [0.25, 0.3) is 0 Å². The lowest BCUT2D eigenvalue weighted by Crippen LogP contribution is -2.49. The number of aryl methyl sites for hydroxylation is 1. The minimum Gasteiger partial charge on any atom is -0.335 e. The maximum Gasteiger partial charge on any atom is 0.321 e. The first kappa shape index (κ1) is 22.2. The van der Waals surface area contributed by atoms with Crippen molar-refractivity contribution in [2.24, 2.45) is 11.8 Å². The van der Waals surface area contributed by atoms with Gasteiger partial charge < -0.3 is 10.2 Å². The van der Waals surface area contributed by atoms with Crippen LogP contribution in [0.2, 0.25) is 0 Å². The third kappa shape index (κ3) is 6.50. The van der Waals surface area contributed by atoms with Crippen LogP contribution in [0.25, 0.3) is 0 Å². The predicted octanol–water partition coefficient (Wildman–Crippen LogP) is 5.23. The van der Waals surface area contributed by atoms with Gasteiger partial charge in [0.15, 0.2) is 5.13 Å². The number of carbonyl (C=O) groups excluding carboxylic acids is 1. The number of carbonyl (C=O) groups is 1. The van der Waals surface area contributed by atoms with Gasteiger partial charge in [-0.2, -0.15) is 0 Å². The summed E-state index contributed by atoms with van der Waals surface area (Å²) in [5.41, 5.74) is 2.15. The minimum absolute atomic E-state index is 0.140. The van der Waals surface area contributed by atoms with E-state index in [-0.39, 0.29) is 17.9 Å². The van der Waals surface area contributed by atoms with Crippen LogP contribution >= 0.6 is 11.3 Å². The monoisotopic (exact) mass is 444 g/mol. The Morgan fingerprint density at radius 1 is 1.19 bits per heavy atom. The third-order valence-electron chi connectivity index (χ3n) is 6.60. The molecule has 0 bridgehead atoms. The molecule has 0 spiro atoms. The molecule has 1 aromatic carbocycles. The van der Waals surface area contributed by atoms with E-state index < -0.39 is 0 Å². The number of aromatic nitrogens is 1. The summed E-state index contributed by atoms with van der Waals surface area (Å²) in [7, 11) is 0. The van der Waals surface area contributed by atoms with E-state index in [1.165, 1.54) is 49.0 Å². The Kier molecular flexibility index (Phi) is 7.56. The number of rotatable bonds is 6. The molecule has 2 N–H and O–H groups in total. The van der Waals surface area contributed by atoms with Crippen molar-refractivity contribution in [3.05, 3.63) is 46.7 Å². The van der Waals surface area contributed by atoms with E-state index in [1.807, 2.05) is 24.4 Å². The highest BCUT2D eigenvalue weighted by atomic mass is 32.1. The van der Waals surface area contributed by atoms with Crippen LogP contribution < -0.4 is 10.6 Å². The SMILES string of the molecule is Cc1csc(NC(=O)N[C@@H]2CCCC[C@H]2CN2CCC[C@@H](Cc3ccc(F)cc3)C2)n1. The Balaban J connectivity index is 1.29. The van der Waals surface area contributed by atoms with E-state index >= 15 is 0 Å². The van der Waals surface area contributed by atoms with E-state index in [0.717, 1.165) is 38.2 Å². The number of piperidine rings is 1. The highest BCUT2D eigenvalue weighted by Gasteiger charge is 2.30. The fourth-order valence-electron chi connectivity index (χ4n) is 5.10. The van der Waals surface area contributed by atoms with Crippen molar-refractivity contribution >= 4 is 22.5 Å². The lowest BCUT2D eigenvalue weighted by atomic mass is 9.83. The molecule has 2 amide bonds. The van der Waals surface area contributed by atoms with E-state index in [9.17, 15) is 9.18 Å². The zero-order chi connectivity index (χ0) is 21.6. The van der Waals surface area contributed by atoms with Crippen molar-refractivity contribution in [1.29, 1.82) is 0 Å². The molecule has 2 aliphatic rings. The van der Waals surface area contributed by atoms with Gasteiger partial charge in [-0.25, -0.2) is 14.2 Å². The maximum atomic E-state index is 13.2. The first-order chi connectivity index (χ1) is 15.0. The number of halogens is 1. The molecule has 0 radical (unpaired) electrons. The summed E-state index contributed by atoms with van der Waals surface area (Å²) >= 11 is 1.46. The van der Waals surface area contributed by atoms with E-state index in [2.05, 4.69) is 20.5 Å². The van der Waals surface area contributed by atoms with Gasteiger partial charge >= 0.3 is 6.03 Å². The van der Waals surface area contributed by atoms with Gasteiger partial charge in [0.1, 0.15) is 5.82 Å². The second kappa shape index (κ2) is 10.6. The van der Waals surface area contributed by atoms with Crippen LogP contribution in [0.3, 0.4) is 0 Å². The van der Waals surface area contributed by atoms with Crippen molar-refractivity contribution in [1.82, 2.24) is 15.2 Å². The van der Waals surface area contributed by atoms with Crippen molar-refractivity contribution in [3.8, 4) is 0 Å². The Morgan fingerprint density at radius 2 is 2.00 bits per heavy atom. The van der Waals surface area contributed by atoms with E-state index in [1.54, 1.807) is 12.1 Å². The van der Waals surface area contributed by atoms with Gasteiger partial charge in [0.05, 0.1) is 5.69 Å². The fraction of sp³-hybridized carbons (Fsp3) is 0.583. The average molecular weight is 445 g/mol. The molecule has 2 heterocycles. The van der Waals surface area contributed by atoms with Crippen molar-refractivity contribution in [3.63, 3.8) is 0 Å². The number of nitrogens with zero attached hydrogens (tertiary/aromatic N) is 2. The van der Waals surface area contributed by atoms with Gasteiger partial charge in [-0.15, -0.1) is 11.3 Å². The predicted molar refractivity (Wildman–Crippen MR) is 124 cm³/mol.